The number of rotatable bonds is 7. The van der Waals surface area contributed by atoms with Gasteiger partial charge in [0, 0.05) is 18.1 Å². The number of benzene rings is 2. The molecule has 1 heterocycles. The minimum Gasteiger partial charge on any atom is -0.497 e. The lowest BCUT2D eigenvalue weighted by Crippen LogP contribution is -2.04. The summed E-state index contributed by atoms with van der Waals surface area (Å²) in [5.41, 5.74) is 2.30. The molecule has 1 aliphatic rings. The van der Waals surface area contributed by atoms with Gasteiger partial charge >= 0.3 is 0 Å². The number of ether oxygens (including phenoxy) is 4. The van der Waals surface area contributed by atoms with Gasteiger partial charge in [0.2, 0.25) is 6.79 Å². The molecule has 1 aliphatic heterocycles. The minimum atomic E-state index is 0.271. The van der Waals surface area contributed by atoms with E-state index in [1.54, 1.807) is 7.11 Å². The topological polar surface area (TPSA) is 36.9 Å². The summed E-state index contributed by atoms with van der Waals surface area (Å²) in [6, 6.07) is 12.1. The third-order valence-corrected chi connectivity index (χ3v) is 4.06. The fourth-order valence-corrected chi connectivity index (χ4v) is 2.61. The lowest BCUT2D eigenvalue weighted by atomic mass is 10.0. The summed E-state index contributed by atoms with van der Waals surface area (Å²) < 4.78 is 22.2. The number of methoxy groups -OCH3 is 1. The van der Waals surface area contributed by atoms with Gasteiger partial charge in [0.15, 0.2) is 11.5 Å². The van der Waals surface area contributed by atoms with Crippen molar-refractivity contribution in [1.82, 2.24) is 0 Å². The van der Waals surface area contributed by atoms with Crippen molar-refractivity contribution in [2.45, 2.75) is 26.7 Å². The van der Waals surface area contributed by atoms with Gasteiger partial charge in [-0.15, -0.1) is 0 Å². The summed E-state index contributed by atoms with van der Waals surface area (Å²) in [5.74, 6) is 3.89. The molecule has 0 bridgehead atoms. The largest absolute Gasteiger partial charge is 0.497 e. The second-order valence-electron chi connectivity index (χ2n) is 6.37. The standard InChI is InChI=1S/C20H24O4/c1-14(2)8-9-22-18-12-20-19(23-13-24-20)11-16(18)10-15-4-6-17(21-3)7-5-15/h4-7,11-12,14H,8-10,13H2,1-3H3. The van der Waals surface area contributed by atoms with E-state index in [2.05, 4.69) is 26.0 Å². The van der Waals surface area contributed by atoms with E-state index in [1.807, 2.05) is 24.3 Å². The molecule has 0 N–H and O–H groups in total. The molecule has 4 heteroatoms. The molecule has 0 saturated heterocycles. The Labute approximate surface area is 143 Å². The third-order valence-electron chi connectivity index (χ3n) is 4.06. The normalized spacial score (nSPS) is 12.5. The van der Waals surface area contributed by atoms with Crippen LogP contribution in [0, 0.1) is 5.92 Å². The summed E-state index contributed by atoms with van der Waals surface area (Å²) in [4.78, 5) is 0. The summed E-state index contributed by atoms with van der Waals surface area (Å²) in [6.07, 6.45) is 1.80. The molecule has 128 valence electrons. The maximum absolute atomic E-state index is 6.03. The molecule has 3 rings (SSSR count). The summed E-state index contributed by atoms with van der Waals surface area (Å²) in [5, 5.41) is 0. The van der Waals surface area contributed by atoms with Gasteiger partial charge in [0.1, 0.15) is 11.5 Å². The van der Waals surface area contributed by atoms with E-state index in [9.17, 15) is 0 Å². The van der Waals surface area contributed by atoms with E-state index >= 15 is 0 Å². The highest BCUT2D eigenvalue weighted by atomic mass is 16.7. The number of hydrogen-bond donors (Lipinski definition) is 0. The molecule has 0 spiro atoms. The zero-order valence-corrected chi connectivity index (χ0v) is 14.5. The Bertz CT molecular complexity index is 677. The van der Waals surface area contributed by atoms with Crippen LogP contribution in [0.25, 0.3) is 0 Å². The van der Waals surface area contributed by atoms with Gasteiger partial charge in [-0.3, -0.25) is 0 Å². The van der Waals surface area contributed by atoms with Crippen LogP contribution in [0.15, 0.2) is 36.4 Å². The summed E-state index contributed by atoms with van der Waals surface area (Å²) in [6.45, 7) is 5.36. The lowest BCUT2D eigenvalue weighted by molar-refractivity contribution is 0.173. The van der Waals surface area contributed by atoms with Crippen molar-refractivity contribution in [3.8, 4) is 23.0 Å². The third kappa shape index (κ3) is 3.94. The van der Waals surface area contributed by atoms with Gasteiger partial charge in [-0.2, -0.15) is 0 Å². The highest BCUT2D eigenvalue weighted by molar-refractivity contribution is 5.53. The van der Waals surface area contributed by atoms with Crippen molar-refractivity contribution in [1.29, 1.82) is 0 Å². The van der Waals surface area contributed by atoms with Gasteiger partial charge in [-0.25, -0.2) is 0 Å². The Kier molecular flexibility index (Phi) is 5.14. The number of fused-ring (bicyclic) bond motifs is 1. The van der Waals surface area contributed by atoms with Crippen LogP contribution in [0.3, 0.4) is 0 Å². The lowest BCUT2D eigenvalue weighted by Gasteiger charge is -2.14. The van der Waals surface area contributed by atoms with Crippen LogP contribution in [-0.4, -0.2) is 20.5 Å². The average molecular weight is 328 g/mol. The van der Waals surface area contributed by atoms with E-state index in [0.29, 0.717) is 12.5 Å². The Morgan fingerprint density at radius 3 is 2.42 bits per heavy atom. The highest BCUT2D eigenvalue weighted by Gasteiger charge is 2.18. The van der Waals surface area contributed by atoms with Crippen molar-refractivity contribution in [3.63, 3.8) is 0 Å². The molecule has 2 aromatic rings. The Morgan fingerprint density at radius 2 is 1.75 bits per heavy atom. The molecular weight excluding hydrogens is 304 g/mol. The molecule has 0 amide bonds. The van der Waals surface area contributed by atoms with E-state index in [1.165, 1.54) is 5.56 Å². The first-order chi connectivity index (χ1) is 11.7. The molecule has 2 aromatic carbocycles. The van der Waals surface area contributed by atoms with Crippen LogP contribution in [0.5, 0.6) is 23.0 Å². The van der Waals surface area contributed by atoms with E-state index in [0.717, 1.165) is 41.4 Å². The van der Waals surface area contributed by atoms with Gasteiger partial charge in [-0.05, 0) is 36.1 Å². The predicted octanol–water partition coefficient (Wildman–Crippen LogP) is 4.44. The van der Waals surface area contributed by atoms with Crippen LogP contribution in [0.4, 0.5) is 0 Å². The molecule has 0 saturated carbocycles. The smallest absolute Gasteiger partial charge is 0.231 e. The first-order valence-electron chi connectivity index (χ1n) is 8.34. The first-order valence-corrected chi connectivity index (χ1v) is 8.34. The van der Waals surface area contributed by atoms with E-state index < -0.39 is 0 Å². The molecule has 0 radical (unpaired) electrons. The molecule has 24 heavy (non-hydrogen) atoms. The summed E-state index contributed by atoms with van der Waals surface area (Å²) >= 11 is 0. The van der Waals surface area contributed by atoms with E-state index in [4.69, 9.17) is 18.9 Å². The Balaban J connectivity index is 1.80. The molecule has 0 aliphatic carbocycles. The molecule has 0 atom stereocenters. The van der Waals surface area contributed by atoms with Crippen molar-refractivity contribution >= 4 is 0 Å². The molecular formula is C20H24O4. The molecule has 0 fully saturated rings. The van der Waals surface area contributed by atoms with Gasteiger partial charge in [0.05, 0.1) is 13.7 Å². The van der Waals surface area contributed by atoms with Crippen LogP contribution in [-0.2, 0) is 6.42 Å². The van der Waals surface area contributed by atoms with Crippen molar-refractivity contribution < 1.29 is 18.9 Å². The molecule has 0 aromatic heterocycles. The first kappa shape index (κ1) is 16.5. The fraction of sp³-hybridized carbons (Fsp3) is 0.400. The maximum Gasteiger partial charge on any atom is 0.231 e. The van der Waals surface area contributed by atoms with Gasteiger partial charge in [0.25, 0.3) is 0 Å². The van der Waals surface area contributed by atoms with Crippen LogP contribution >= 0.6 is 0 Å². The number of hydrogen-bond acceptors (Lipinski definition) is 4. The van der Waals surface area contributed by atoms with Crippen LogP contribution in [0.2, 0.25) is 0 Å². The zero-order valence-electron chi connectivity index (χ0n) is 14.5. The monoisotopic (exact) mass is 328 g/mol. The second-order valence-corrected chi connectivity index (χ2v) is 6.37. The molecule has 4 nitrogen and oxygen atoms in total. The zero-order chi connectivity index (χ0) is 16.9. The predicted molar refractivity (Wildman–Crippen MR) is 93.3 cm³/mol. The maximum atomic E-state index is 6.03. The molecule has 0 unspecified atom stereocenters. The average Bonchev–Trinajstić information content (AvgIpc) is 3.02. The second kappa shape index (κ2) is 7.47. The Hall–Kier alpha value is -2.36. The Morgan fingerprint density at radius 1 is 1.04 bits per heavy atom. The van der Waals surface area contributed by atoms with Gasteiger partial charge in [-0.1, -0.05) is 26.0 Å². The summed E-state index contributed by atoms with van der Waals surface area (Å²) in [7, 11) is 1.67. The SMILES string of the molecule is COc1ccc(Cc2cc3c(cc2OCCC(C)C)OCO3)cc1. The van der Waals surface area contributed by atoms with Crippen LogP contribution < -0.4 is 18.9 Å². The van der Waals surface area contributed by atoms with Crippen molar-refractivity contribution in [3.05, 3.63) is 47.5 Å². The quantitative estimate of drug-likeness (QED) is 0.753. The minimum absolute atomic E-state index is 0.271. The fourth-order valence-electron chi connectivity index (χ4n) is 2.61. The van der Waals surface area contributed by atoms with Crippen molar-refractivity contribution in [2.75, 3.05) is 20.5 Å². The van der Waals surface area contributed by atoms with Gasteiger partial charge < -0.3 is 18.9 Å². The van der Waals surface area contributed by atoms with E-state index in [-0.39, 0.29) is 6.79 Å². The van der Waals surface area contributed by atoms with Crippen molar-refractivity contribution in [2.24, 2.45) is 5.92 Å². The highest BCUT2D eigenvalue weighted by Crippen LogP contribution is 2.39. The van der Waals surface area contributed by atoms with Crippen LogP contribution in [0.1, 0.15) is 31.4 Å².